The molecule has 0 atom stereocenters. The molecule has 0 N–H and O–H groups in total. The third-order valence-corrected chi connectivity index (χ3v) is 7.91. The summed E-state index contributed by atoms with van der Waals surface area (Å²) in [6, 6.07) is 12.4. The molecule has 7 nitrogen and oxygen atoms in total. The van der Waals surface area contributed by atoms with Gasteiger partial charge in [-0.2, -0.15) is 5.26 Å². The van der Waals surface area contributed by atoms with Crippen LogP contribution in [0.3, 0.4) is 0 Å². The Morgan fingerprint density at radius 3 is 2.50 bits per heavy atom. The van der Waals surface area contributed by atoms with Gasteiger partial charge in [-0.15, -0.1) is 0 Å². The molecule has 152 valence electrons. The van der Waals surface area contributed by atoms with Gasteiger partial charge in [-0.05, 0) is 49.4 Å². The highest BCUT2D eigenvalue weighted by atomic mass is 32.2. The van der Waals surface area contributed by atoms with Gasteiger partial charge in [0.1, 0.15) is 0 Å². The molecule has 3 aromatic rings. The molecule has 3 heterocycles. The van der Waals surface area contributed by atoms with E-state index in [9.17, 15) is 13.2 Å². The Hall–Kier alpha value is -3.18. The normalized spacial score (nSPS) is 21.6. The largest absolute Gasteiger partial charge is 0.331 e. The molecule has 0 spiro atoms. The average Bonchev–Trinajstić information content (AvgIpc) is 3.36. The number of rotatable bonds is 3. The Labute approximate surface area is 174 Å². The van der Waals surface area contributed by atoms with Crippen molar-refractivity contribution in [2.24, 2.45) is 5.92 Å². The van der Waals surface area contributed by atoms with Crippen LogP contribution < -0.4 is 0 Å². The molecule has 1 fully saturated rings. The van der Waals surface area contributed by atoms with E-state index in [-0.39, 0.29) is 22.8 Å². The van der Waals surface area contributed by atoms with Crippen LogP contribution >= 0.6 is 0 Å². The molecule has 8 heteroatoms. The maximum absolute atomic E-state index is 13.1. The van der Waals surface area contributed by atoms with Gasteiger partial charge >= 0.3 is 0 Å². The number of fused-ring (bicyclic) bond motifs is 3. The standard InChI is InChI=1S/C22H20N4O3S/c23-12-15-6-8-16(9-7-15)25-14-20-18-10-11-26(21(18)24-13-19(20)22(25)27)30(28,29)17-4-2-1-3-5-17/h1-5,10-11,13,15-16H,6-9,14H2. The fraction of sp³-hybridized carbons (Fsp3) is 0.318. The van der Waals surface area contributed by atoms with E-state index in [1.165, 1.54) is 16.4 Å². The summed E-state index contributed by atoms with van der Waals surface area (Å²) in [4.78, 5) is 19.4. The quantitative estimate of drug-likeness (QED) is 0.648. The number of aromatic nitrogens is 2. The summed E-state index contributed by atoms with van der Waals surface area (Å²) in [5.41, 5.74) is 1.70. The number of carbonyl (C=O) groups is 1. The van der Waals surface area contributed by atoms with Crippen molar-refractivity contribution in [3.63, 3.8) is 0 Å². The van der Waals surface area contributed by atoms with Gasteiger partial charge in [0.25, 0.3) is 15.9 Å². The molecule has 30 heavy (non-hydrogen) atoms. The number of amides is 1. The van der Waals surface area contributed by atoms with Crippen LogP contribution in [0.25, 0.3) is 11.0 Å². The number of pyridine rings is 1. The molecular formula is C22H20N4O3S. The lowest BCUT2D eigenvalue weighted by Gasteiger charge is -2.32. The Balaban J connectivity index is 1.51. The summed E-state index contributed by atoms with van der Waals surface area (Å²) in [7, 11) is -3.77. The highest BCUT2D eigenvalue weighted by Crippen LogP contribution is 2.36. The summed E-state index contributed by atoms with van der Waals surface area (Å²) >= 11 is 0. The summed E-state index contributed by atoms with van der Waals surface area (Å²) in [5, 5.41) is 9.80. The molecular weight excluding hydrogens is 400 g/mol. The Morgan fingerprint density at radius 1 is 1.07 bits per heavy atom. The topological polar surface area (TPSA) is 96.1 Å². The second-order valence-electron chi connectivity index (χ2n) is 7.88. The fourth-order valence-electron chi connectivity index (χ4n) is 4.58. The van der Waals surface area contributed by atoms with Crippen LogP contribution in [-0.4, -0.2) is 34.2 Å². The molecule has 0 bridgehead atoms. The minimum Gasteiger partial charge on any atom is -0.331 e. The van der Waals surface area contributed by atoms with Crippen molar-refractivity contribution in [3.05, 3.63) is 59.9 Å². The summed E-state index contributed by atoms with van der Waals surface area (Å²) < 4.78 is 27.3. The van der Waals surface area contributed by atoms with E-state index in [2.05, 4.69) is 11.1 Å². The zero-order valence-corrected chi connectivity index (χ0v) is 17.0. The highest BCUT2D eigenvalue weighted by Gasteiger charge is 2.36. The van der Waals surface area contributed by atoms with Crippen molar-refractivity contribution in [3.8, 4) is 6.07 Å². The first-order chi connectivity index (χ1) is 14.5. The molecule has 1 aliphatic heterocycles. The van der Waals surface area contributed by atoms with Gasteiger partial charge < -0.3 is 4.90 Å². The second-order valence-corrected chi connectivity index (χ2v) is 9.70. The van der Waals surface area contributed by atoms with Gasteiger partial charge in [-0.25, -0.2) is 17.4 Å². The third-order valence-electron chi connectivity index (χ3n) is 6.23. The van der Waals surface area contributed by atoms with E-state index < -0.39 is 10.0 Å². The molecule has 0 unspecified atom stereocenters. The summed E-state index contributed by atoms with van der Waals surface area (Å²) in [6.07, 6.45) is 6.25. The van der Waals surface area contributed by atoms with Crippen LogP contribution in [0, 0.1) is 17.2 Å². The van der Waals surface area contributed by atoms with Crippen molar-refractivity contribution >= 4 is 27.0 Å². The number of benzene rings is 1. The van der Waals surface area contributed by atoms with Crippen molar-refractivity contribution < 1.29 is 13.2 Å². The van der Waals surface area contributed by atoms with Crippen molar-refractivity contribution in [1.82, 2.24) is 13.9 Å². The number of hydrogen-bond acceptors (Lipinski definition) is 5. The minimum absolute atomic E-state index is 0.0570. The number of nitriles is 1. The van der Waals surface area contributed by atoms with Crippen LogP contribution in [-0.2, 0) is 16.6 Å². The van der Waals surface area contributed by atoms with E-state index in [0.717, 1.165) is 31.2 Å². The molecule has 5 rings (SSSR count). The fourth-order valence-corrected chi connectivity index (χ4v) is 5.90. The lowest BCUT2D eigenvalue weighted by atomic mass is 9.86. The third kappa shape index (κ3) is 2.81. The second kappa shape index (κ2) is 6.96. The summed E-state index contributed by atoms with van der Waals surface area (Å²) in [5.74, 6) is 0.0189. The van der Waals surface area contributed by atoms with E-state index >= 15 is 0 Å². The van der Waals surface area contributed by atoms with Crippen LogP contribution in [0.4, 0.5) is 0 Å². The van der Waals surface area contributed by atoms with Crippen molar-refractivity contribution in [1.29, 1.82) is 5.26 Å². The predicted octanol–water partition coefficient (Wildman–Crippen LogP) is 3.31. The first kappa shape index (κ1) is 18.8. The van der Waals surface area contributed by atoms with Gasteiger partial charge in [0.15, 0.2) is 5.65 Å². The number of hydrogen-bond donors (Lipinski definition) is 0. The lowest BCUT2D eigenvalue weighted by Crippen LogP contribution is -2.38. The molecule has 1 aliphatic carbocycles. The van der Waals surface area contributed by atoms with E-state index in [1.54, 1.807) is 36.4 Å². The molecule has 2 aromatic heterocycles. The highest BCUT2D eigenvalue weighted by molar-refractivity contribution is 7.90. The van der Waals surface area contributed by atoms with Gasteiger partial charge in [-0.3, -0.25) is 4.79 Å². The maximum atomic E-state index is 13.1. The Morgan fingerprint density at radius 2 is 1.80 bits per heavy atom. The Kier molecular flexibility index (Phi) is 4.36. The number of nitrogens with zero attached hydrogens (tertiary/aromatic N) is 4. The van der Waals surface area contributed by atoms with Gasteiger partial charge in [0.05, 0.1) is 16.5 Å². The van der Waals surface area contributed by atoms with Crippen LogP contribution in [0.15, 0.2) is 53.7 Å². The first-order valence-corrected chi connectivity index (χ1v) is 11.4. The van der Waals surface area contributed by atoms with Crippen molar-refractivity contribution in [2.75, 3.05) is 0 Å². The van der Waals surface area contributed by atoms with Crippen molar-refractivity contribution in [2.45, 2.75) is 43.2 Å². The molecule has 1 aromatic carbocycles. The SMILES string of the molecule is N#CC1CCC(N2Cc3c(cnc4c3ccn4S(=O)(=O)c3ccccc3)C2=O)CC1. The van der Waals surface area contributed by atoms with Crippen LogP contribution in [0.1, 0.15) is 41.6 Å². The molecule has 0 radical (unpaired) electrons. The molecule has 1 amide bonds. The van der Waals surface area contributed by atoms with E-state index in [0.29, 0.717) is 23.1 Å². The number of carbonyl (C=O) groups excluding carboxylic acids is 1. The molecule has 0 saturated heterocycles. The van der Waals surface area contributed by atoms with Gasteiger partial charge in [-0.1, -0.05) is 18.2 Å². The minimum atomic E-state index is -3.77. The van der Waals surface area contributed by atoms with Gasteiger partial charge in [0.2, 0.25) is 0 Å². The lowest BCUT2D eigenvalue weighted by molar-refractivity contribution is 0.0648. The smallest absolute Gasteiger partial charge is 0.269 e. The zero-order chi connectivity index (χ0) is 20.9. The first-order valence-electron chi connectivity index (χ1n) is 10.0. The van der Waals surface area contributed by atoms with E-state index in [4.69, 9.17) is 5.26 Å². The molecule has 1 saturated carbocycles. The molecule has 2 aliphatic rings. The maximum Gasteiger partial charge on any atom is 0.269 e. The average molecular weight is 420 g/mol. The summed E-state index contributed by atoms with van der Waals surface area (Å²) in [6.45, 7) is 0.449. The predicted molar refractivity (Wildman–Crippen MR) is 110 cm³/mol. The van der Waals surface area contributed by atoms with Gasteiger partial charge in [0, 0.05) is 36.3 Å². The Bertz CT molecular complexity index is 1280. The monoisotopic (exact) mass is 420 g/mol. The van der Waals surface area contributed by atoms with Crippen LogP contribution in [0.2, 0.25) is 0 Å². The van der Waals surface area contributed by atoms with E-state index in [1.807, 2.05) is 4.90 Å². The zero-order valence-electron chi connectivity index (χ0n) is 16.2. The van der Waals surface area contributed by atoms with Crippen LogP contribution in [0.5, 0.6) is 0 Å².